The van der Waals surface area contributed by atoms with Gasteiger partial charge in [-0.2, -0.15) is 0 Å². The molecule has 0 heterocycles. The lowest BCUT2D eigenvalue weighted by atomic mass is 9.79. The van der Waals surface area contributed by atoms with Crippen molar-refractivity contribution in [1.82, 2.24) is 0 Å². The van der Waals surface area contributed by atoms with E-state index in [4.69, 9.17) is 9.84 Å². The molecule has 0 unspecified atom stereocenters. The summed E-state index contributed by atoms with van der Waals surface area (Å²) in [6, 6.07) is 3.83. The van der Waals surface area contributed by atoms with E-state index in [0.717, 1.165) is 6.08 Å². The molecular formula is C16H18O9. The monoisotopic (exact) mass is 354 g/mol. The number of ether oxygens (including phenoxy) is 1. The average molecular weight is 354 g/mol. The molecule has 9 nitrogen and oxygen atoms in total. The topological polar surface area (TPSA) is 165 Å². The minimum Gasteiger partial charge on any atom is -0.504 e. The van der Waals surface area contributed by atoms with Crippen molar-refractivity contribution in [1.29, 1.82) is 0 Å². The number of hydrogen-bond donors (Lipinski definition) is 6. The molecule has 6 N–H and O–H groups in total. The number of hydrogen-bond acceptors (Lipinski definition) is 8. The minimum atomic E-state index is -2.31. The zero-order valence-corrected chi connectivity index (χ0v) is 12.9. The molecule has 0 spiro atoms. The number of phenolic OH excluding ortho intramolecular Hbond substituents is 2. The molecule has 0 aliphatic heterocycles. The van der Waals surface area contributed by atoms with E-state index in [9.17, 15) is 35.1 Å². The van der Waals surface area contributed by atoms with Crippen molar-refractivity contribution in [3.8, 4) is 11.5 Å². The van der Waals surface area contributed by atoms with Gasteiger partial charge in [0.2, 0.25) is 0 Å². The second-order valence-electron chi connectivity index (χ2n) is 5.86. The third-order valence-corrected chi connectivity index (χ3v) is 3.94. The van der Waals surface area contributed by atoms with Crippen LogP contribution >= 0.6 is 0 Å². The molecule has 1 aromatic carbocycles. The van der Waals surface area contributed by atoms with Gasteiger partial charge in [-0.25, -0.2) is 9.59 Å². The summed E-state index contributed by atoms with van der Waals surface area (Å²) in [7, 11) is 0. The second-order valence-corrected chi connectivity index (χ2v) is 5.86. The van der Waals surface area contributed by atoms with Gasteiger partial charge in [-0.1, -0.05) is 6.07 Å². The highest BCUT2D eigenvalue weighted by molar-refractivity contribution is 5.87. The first kappa shape index (κ1) is 18.7. The standard InChI is InChI=1S/C16H18O9/c17-9-3-1-8(5-10(9)18)2-4-13(20)25-12-7-16(24,15(22)23)6-11(19)14(12)21/h1-5,11-12,14,17-19,21,24H,6-7H2,(H,22,23)/t11-,12-,14+,16-/m0/s1. The molecule has 2 rings (SSSR count). The van der Waals surface area contributed by atoms with E-state index < -0.39 is 48.7 Å². The van der Waals surface area contributed by atoms with Crippen molar-refractivity contribution in [2.75, 3.05) is 0 Å². The molecule has 136 valence electrons. The van der Waals surface area contributed by atoms with Crippen molar-refractivity contribution in [3.63, 3.8) is 0 Å². The van der Waals surface area contributed by atoms with E-state index in [1.165, 1.54) is 24.3 Å². The Morgan fingerprint density at radius 1 is 1.16 bits per heavy atom. The lowest BCUT2D eigenvalue weighted by Crippen LogP contribution is -2.57. The lowest BCUT2D eigenvalue weighted by Gasteiger charge is -2.39. The minimum absolute atomic E-state index is 0.327. The first-order chi connectivity index (χ1) is 11.6. The highest BCUT2D eigenvalue weighted by Crippen LogP contribution is 2.31. The Hall–Kier alpha value is -2.62. The number of phenols is 2. The Kier molecular flexibility index (Phi) is 5.31. The molecule has 1 saturated carbocycles. The van der Waals surface area contributed by atoms with Gasteiger partial charge in [-0.05, 0) is 23.8 Å². The van der Waals surface area contributed by atoms with Gasteiger partial charge < -0.3 is 35.4 Å². The van der Waals surface area contributed by atoms with Crippen molar-refractivity contribution >= 4 is 18.0 Å². The Bertz CT molecular complexity index is 699. The summed E-state index contributed by atoms with van der Waals surface area (Å²) in [5.74, 6) is -3.24. The first-order valence-electron chi connectivity index (χ1n) is 7.35. The van der Waals surface area contributed by atoms with Crippen LogP contribution in [0.1, 0.15) is 18.4 Å². The van der Waals surface area contributed by atoms with Crippen LogP contribution in [0.5, 0.6) is 11.5 Å². The largest absolute Gasteiger partial charge is 0.504 e. The van der Waals surface area contributed by atoms with Gasteiger partial charge in [0.1, 0.15) is 12.2 Å². The third kappa shape index (κ3) is 4.27. The van der Waals surface area contributed by atoms with Crippen molar-refractivity contribution in [3.05, 3.63) is 29.8 Å². The lowest BCUT2D eigenvalue weighted by molar-refractivity contribution is -0.196. The predicted octanol–water partition coefficient (Wildman–Crippen LogP) is -0.646. The number of aliphatic hydroxyl groups is 3. The smallest absolute Gasteiger partial charge is 0.335 e. The van der Waals surface area contributed by atoms with Crippen LogP contribution in [-0.2, 0) is 14.3 Å². The molecule has 1 aromatic rings. The van der Waals surface area contributed by atoms with E-state index in [2.05, 4.69) is 0 Å². The number of aliphatic hydroxyl groups excluding tert-OH is 2. The summed E-state index contributed by atoms with van der Waals surface area (Å²) < 4.78 is 4.92. The van der Waals surface area contributed by atoms with Crippen LogP contribution in [-0.4, -0.2) is 66.5 Å². The maximum atomic E-state index is 11.8. The molecular weight excluding hydrogens is 336 g/mol. The van der Waals surface area contributed by atoms with E-state index in [-0.39, 0.29) is 11.5 Å². The van der Waals surface area contributed by atoms with Crippen LogP contribution in [0.15, 0.2) is 24.3 Å². The molecule has 0 radical (unpaired) electrons. The van der Waals surface area contributed by atoms with E-state index >= 15 is 0 Å². The number of carbonyl (C=O) groups excluding carboxylic acids is 1. The summed E-state index contributed by atoms with van der Waals surface area (Å²) in [4.78, 5) is 22.9. The fourth-order valence-corrected chi connectivity index (χ4v) is 2.53. The molecule has 9 heteroatoms. The van der Waals surface area contributed by atoms with Crippen LogP contribution in [0, 0.1) is 0 Å². The molecule has 4 atom stereocenters. The summed E-state index contributed by atoms with van der Waals surface area (Å²) in [6.07, 6.45) is -3.44. The normalized spacial score (nSPS) is 29.5. The van der Waals surface area contributed by atoms with Gasteiger partial charge in [0.05, 0.1) is 6.10 Å². The van der Waals surface area contributed by atoms with Gasteiger partial charge in [0, 0.05) is 18.9 Å². The Morgan fingerprint density at radius 3 is 2.44 bits per heavy atom. The zero-order chi connectivity index (χ0) is 18.8. The van der Waals surface area contributed by atoms with E-state index in [1.54, 1.807) is 0 Å². The molecule has 0 aromatic heterocycles. The Morgan fingerprint density at radius 2 is 1.84 bits per heavy atom. The molecule has 1 aliphatic carbocycles. The quantitative estimate of drug-likeness (QED) is 0.234. The van der Waals surface area contributed by atoms with Crippen LogP contribution in [0.4, 0.5) is 0 Å². The summed E-state index contributed by atoms with van der Waals surface area (Å²) in [5, 5.41) is 57.0. The second kappa shape index (κ2) is 7.09. The molecule has 0 bridgehead atoms. The SMILES string of the molecule is O=C(C=Cc1ccc(O)c(O)c1)O[C@H]1C[C@](O)(C(=O)O)C[C@H](O)[C@H]1O. The molecule has 1 aliphatic rings. The Labute approximate surface area is 142 Å². The fraction of sp³-hybridized carbons (Fsp3) is 0.375. The summed E-state index contributed by atoms with van der Waals surface area (Å²) in [5.41, 5.74) is -1.94. The van der Waals surface area contributed by atoms with Crippen LogP contribution in [0.2, 0.25) is 0 Å². The van der Waals surface area contributed by atoms with Crippen LogP contribution < -0.4 is 0 Å². The number of benzene rings is 1. The maximum absolute atomic E-state index is 11.8. The highest BCUT2D eigenvalue weighted by Gasteiger charge is 2.50. The average Bonchev–Trinajstić information content (AvgIpc) is 2.53. The van der Waals surface area contributed by atoms with Gasteiger partial charge >= 0.3 is 11.9 Å². The summed E-state index contributed by atoms with van der Waals surface area (Å²) in [6.45, 7) is 0. The number of esters is 1. The highest BCUT2D eigenvalue weighted by atomic mass is 16.6. The zero-order valence-electron chi connectivity index (χ0n) is 12.9. The number of carbonyl (C=O) groups is 2. The number of aromatic hydroxyl groups is 2. The van der Waals surface area contributed by atoms with Crippen LogP contribution in [0.3, 0.4) is 0 Å². The first-order valence-corrected chi connectivity index (χ1v) is 7.35. The van der Waals surface area contributed by atoms with Crippen LogP contribution in [0.25, 0.3) is 6.08 Å². The van der Waals surface area contributed by atoms with Gasteiger partial charge in [0.25, 0.3) is 0 Å². The van der Waals surface area contributed by atoms with Gasteiger partial charge in [-0.3, -0.25) is 0 Å². The van der Waals surface area contributed by atoms with E-state index in [0.29, 0.717) is 5.56 Å². The maximum Gasteiger partial charge on any atom is 0.335 e. The fourth-order valence-electron chi connectivity index (χ4n) is 2.53. The Balaban J connectivity index is 2.06. The molecule has 0 saturated heterocycles. The number of aliphatic carboxylic acids is 1. The summed E-state index contributed by atoms with van der Waals surface area (Å²) >= 11 is 0. The predicted molar refractivity (Wildman–Crippen MR) is 82.5 cm³/mol. The van der Waals surface area contributed by atoms with Crippen molar-refractivity contribution in [2.24, 2.45) is 0 Å². The number of rotatable bonds is 4. The van der Waals surface area contributed by atoms with Crippen molar-refractivity contribution in [2.45, 2.75) is 36.8 Å². The van der Waals surface area contributed by atoms with Gasteiger partial charge in [-0.15, -0.1) is 0 Å². The number of carboxylic acid groups (broad SMARTS) is 1. The number of carboxylic acids is 1. The molecule has 25 heavy (non-hydrogen) atoms. The molecule has 0 amide bonds. The third-order valence-electron chi connectivity index (χ3n) is 3.94. The molecule has 1 fully saturated rings. The van der Waals surface area contributed by atoms with E-state index in [1.807, 2.05) is 0 Å². The van der Waals surface area contributed by atoms with Crippen molar-refractivity contribution < 1.29 is 45.0 Å². The van der Waals surface area contributed by atoms with Gasteiger partial charge in [0.15, 0.2) is 17.1 Å².